The Labute approximate surface area is 107 Å². The molecule has 2 aromatic rings. The van der Waals surface area contributed by atoms with Gasteiger partial charge >= 0.3 is 0 Å². The van der Waals surface area contributed by atoms with Crippen LogP contribution in [-0.4, -0.2) is 10.2 Å². The molecule has 0 atom stereocenters. The molecular formula is C16H18O2. The van der Waals surface area contributed by atoms with Gasteiger partial charge in [-0.15, -0.1) is 0 Å². The minimum Gasteiger partial charge on any atom is -0.504 e. The first-order valence-corrected chi connectivity index (χ1v) is 6.71. The standard InChI is InChI=1S/C16H18O2/c17-15-13-9-5-4-8-12(13)10-14(16(15)18)11-6-2-1-3-7-11/h4-5,8-11,17-18H,1-3,6-7H2. The highest BCUT2D eigenvalue weighted by Gasteiger charge is 2.21. The smallest absolute Gasteiger partial charge is 0.165 e. The van der Waals surface area contributed by atoms with Crippen molar-refractivity contribution in [2.75, 3.05) is 0 Å². The van der Waals surface area contributed by atoms with Gasteiger partial charge in [-0.05, 0) is 30.2 Å². The molecule has 2 heteroatoms. The van der Waals surface area contributed by atoms with E-state index in [0.29, 0.717) is 5.92 Å². The lowest BCUT2D eigenvalue weighted by atomic mass is 9.83. The zero-order chi connectivity index (χ0) is 12.5. The van der Waals surface area contributed by atoms with Crippen LogP contribution in [0.4, 0.5) is 0 Å². The summed E-state index contributed by atoms with van der Waals surface area (Å²) in [5, 5.41) is 22.1. The minimum absolute atomic E-state index is 0.0358. The maximum Gasteiger partial charge on any atom is 0.165 e. The van der Waals surface area contributed by atoms with Gasteiger partial charge in [0.2, 0.25) is 0 Å². The van der Waals surface area contributed by atoms with Gasteiger partial charge in [0.1, 0.15) is 0 Å². The summed E-state index contributed by atoms with van der Waals surface area (Å²) in [4.78, 5) is 0. The summed E-state index contributed by atoms with van der Waals surface area (Å²) in [5.41, 5.74) is 0.922. The SMILES string of the molecule is Oc1c(C2CCCCC2)cc2ccccc2c1O. The van der Waals surface area contributed by atoms with Crippen molar-refractivity contribution in [1.82, 2.24) is 0 Å². The normalized spacial score (nSPS) is 17.1. The van der Waals surface area contributed by atoms with Crippen LogP contribution in [0.25, 0.3) is 10.8 Å². The number of phenolic OH excluding ortho intramolecular Hbond substituents is 2. The molecule has 1 saturated carbocycles. The van der Waals surface area contributed by atoms with Gasteiger partial charge in [-0.2, -0.15) is 0 Å². The summed E-state index contributed by atoms with van der Waals surface area (Å²) in [7, 11) is 0. The van der Waals surface area contributed by atoms with Crippen LogP contribution in [0.3, 0.4) is 0 Å². The lowest BCUT2D eigenvalue weighted by Gasteiger charge is -2.23. The van der Waals surface area contributed by atoms with Crippen LogP contribution in [0, 0.1) is 0 Å². The predicted octanol–water partition coefficient (Wildman–Crippen LogP) is 4.30. The Kier molecular flexibility index (Phi) is 2.86. The van der Waals surface area contributed by atoms with Gasteiger partial charge < -0.3 is 10.2 Å². The average molecular weight is 242 g/mol. The van der Waals surface area contributed by atoms with Crippen LogP contribution < -0.4 is 0 Å². The van der Waals surface area contributed by atoms with Crippen LogP contribution >= 0.6 is 0 Å². The summed E-state index contributed by atoms with van der Waals surface area (Å²) < 4.78 is 0. The maximum atomic E-state index is 10.2. The second-order valence-electron chi connectivity index (χ2n) is 5.22. The third-order valence-corrected chi connectivity index (χ3v) is 4.07. The first-order chi connectivity index (χ1) is 8.77. The third-order valence-electron chi connectivity index (χ3n) is 4.07. The molecule has 18 heavy (non-hydrogen) atoms. The molecular weight excluding hydrogens is 224 g/mol. The molecule has 94 valence electrons. The monoisotopic (exact) mass is 242 g/mol. The van der Waals surface area contributed by atoms with E-state index < -0.39 is 0 Å². The van der Waals surface area contributed by atoms with Crippen molar-refractivity contribution in [3.05, 3.63) is 35.9 Å². The quantitative estimate of drug-likeness (QED) is 0.732. The molecule has 0 spiro atoms. The van der Waals surface area contributed by atoms with Crippen molar-refractivity contribution in [1.29, 1.82) is 0 Å². The molecule has 0 bridgehead atoms. The summed E-state index contributed by atoms with van der Waals surface area (Å²) in [5.74, 6) is 0.517. The van der Waals surface area contributed by atoms with E-state index in [1.807, 2.05) is 30.3 Å². The number of benzene rings is 2. The maximum absolute atomic E-state index is 10.2. The molecule has 2 nitrogen and oxygen atoms in total. The lowest BCUT2D eigenvalue weighted by molar-refractivity contribution is 0.384. The van der Waals surface area contributed by atoms with Gasteiger partial charge in [-0.1, -0.05) is 43.5 Å². The molecule has 3 rings (SSSR count). The zero-order valence-corrected chi connectivity index (χ0v) is 10.4. The summed E-state index contributed by atoms with van der Waals surface area (Å²) >= 11 is 0. The van der Waals surface area contributed by atoms with Crippen molar-refractivity contribution < 1.29 is 10.2 Å². The first kappa shape index (κ1) is 11.4. The number of phenols is 2. The van der Waals surface area contributed by atoms with E-state index >= 15 is 0 Å². The largest absolute Gasteiger partial charge is 0.504 e. The second kappa shape index (κ2) is 4.52. The van der Waals surface area contributed by atoms with Crippen molar-refractivity contribution in [3.8, 4) is 11.5 Å². The van der Waals surface area contributed by atoms with Crippen molar-refractivity contribution in [2.45, 2.75) is 38.0 Å². The molecule has 0 saturated heterocycles. The molecule has 1 aliphatic rings. The highest BCUT2D eigenvalue weighted by atomic mass is 16.3. The molecule has 1 fully saturated rings. The Balaban J connectivity index is 2.14. The minimum atomic E-state index is 0.0358. The van der Waals surface area contributed by atoms with Crippen LogP contribution in [0.2, 0.25) is 0 Å². The van der Waals surface area contributed by atoms with Gasteiger partial charge in [-0.25, -0.2) is 0 Å². The number of hydrogen-bond donors (Lipinski definition) is 2. The fourth-order valence-electron chi connectivity index (χ4n) is 3.06. The molecule has 0 amide bonds. The number of aromatic hydroxyl groups is 2. The Morgan fingerprint density at radius 1 is 0.889 bits per heavy atom. The van der Waals surface area contributed by atoms with Crippen molar-refractivity contribution in [2.24, 2.45) is 0 Å². The fraction of sp³-hybridized carbons (Fsp3) is 0.375. The first-order valence-electron chi connectivity index (χ1n) is 6.71. The molecule has 0 aromatic heterocycles. The van der Waals surface area contributed by atoms with Gasteiger partial charge in [0.05, 0.1) is 0 Å². The number of hydrogen-bond acceptors (Lipinski definition) is 2. The number of rotatable bonds is 1. The van der Waals surface area contributed by atoms with Gasteiger partial charge in [0.15, 0.2) is 11.5 Å². The van der Waals surface area contributed by atoms with Gasteiger partial charge in [-0.3, -0.25) is 0 Å². The second-order valence-corrected chi connectivity index (χ2v) is 5.22. The Morgan fingerprint density at radius 3 is 2.39 bits per heavy atom. The van der Waals surface area contributed by atoms with Crippen molar-refractivity contribution in [3.63, 3.8) is 0 Å². The summed E-state index contributed by atoms with van der Waals surface area (Å²) in [6, 6.07) is 9.71. The zero-order valence-electron chi connectivity index (χ0n) is 10.4. The Bertz CT molecular complexity index is 569. The molecule has 2 aromatic carbocycles. The fourth-order valence-corrected chi connectivity index (χ4v) is 3.06. The van der Waals surface area contributed by atoms with E-state index in [-0.39, 0.29) is 11.5 Å². The summed E-state index contributed by atoms with van der Waals surface area (Å²) in [6.45, 7) is 0. The molecule has 0 radical (unpaired) electrons. The van der Waals surface area contributed by atoms with Gasteiger partial charge in [0, 0.05) is 10.9 Å². The van der Waals surface area contributed by atoms with E-state index in [9.17, 15) is 10.2 Å². The van der Waals surface area contributed by atoms with E-state index in [0.717, 1.165) is 29.2 Å². The highest BCUT2D eigenvalue weighted by molar-refractivity contribution is 5.91. The van der Waals surface area contributed by atoms with E-state index in [1.165, 1.54) is 19.3 Å². The summed E-state index contributed by atoms with van der Waals surface area (Å²) in [6.07, 6.45) is 5.96. The lowest BCUT2D eigenvalue weighted by Crippen LogP contribution is -2.04. The van der Waals surface area contributed by atoms with Crippen LogP contribution in [-0.2, 0) is 0 Å². The Morgan fingerprint density at radius 2 is 1.61 bits per heavy atom. The topological polar surface area (TPSA) is 40.5 Å². The van der Waals surface area contributed by atoms with E-state index in [4.69, 9.17) is 0 Å². The Hall–Kier alpha value is -1.70. The molecule has 1 aliphatic carbocycles. The average Bonchev–Trinajstić information content (AvgIpc) is 2.44. The van der Waals surface area contributed by atoms with Crippen LogP contribution in [0.1, 0.15) is 43.6 Å². The van der Waals surface area contributed by atoms with Gasteiger partial charge in [0.25, 0.3) is 0 Å². The predicted molar refractivity (Wildman–Crippen MR) is 73.1 cm³/mol. The van der Waals surface area contributed by atoms with Crippen molar-refractivity contribution >= 4 is 10.8 Å². The van der Waals surface area contributed by atoms with Crippen LogP contribution in [0.5, 0.6) is 11.5 Å². The molecule has 0 aliphatic heterocycles. The highest BCUT2D eigenvalue weighted by Crippen LogP contribution is 2.44. The van der Waals surface area contributed by atoms with E-state index in [2.05, 4.69) is 0 Å². The van der Waals surface area contributed by atoms with Crippen LogP contribution in [0.15, 0.2) is 30.3 Å². The molecule has 0 heterocycles. The third kappa shape index (κ3) is 1.82. The molecule has 2 N–H and O–H groups in total. The number of fused-ring (bicyclic) bond motifs is 1. The molecule has 0 unspecified atom stereocenters. The van der Waals surface area contributed by atoms with E-state index in [1.54, 1.807) is 0 Å².